The van der Waals surface area contributed by atoms with E-state index in [9.17, 15) is 9.59 Å². The molecule has 0 radical (unpaired) electrons. The Hall–Kier alpha value is -3.68. The summed E-state index contributed by atoms with van der Waals surface area (Å²) in [4.78, 5) is 29.0. The minimum atomic E-state index is -0.337. The third-order valence-electron chi connectivity index (χ3n) is 5.10. The number of carbonyl (C=O) groups excluding carboxylic acids is 2. The molecule has 0 aromatic carbocycles. The van der Waals surface area contributed by atoms with Crippen molar-refractivity contribution in [2.75, 3.05) is 0 Å². The lowest BCUT2D eigenvalue weighted by Crippen LogP contribution is -2.23. The molecular weight excluding hydrogens is 384 g/mol. The van der Waals surface area contributed by atoms with Crippen LogP contribution in [0, 0.1) is 13.8 Å². The molecule has 0 atom stereocenters. The average molecular weight is 406 g/mol. The molecule has 3 heterocycles. The fourth-order valence-electron chi connectivity index (χ4n) is 3.56. The number of furan rings is 2. The van der Waals surface area contributed by atoms with Crippen molar-refractivity contribution in [3.05, 3.63) is 76.4 Å². The fourth-order valence-corrected chi connectivity index (χ4v) is 3.56. The van der Waals surface area contributed by atoms with Gasteiger partial charge in [0.05, 0.1) is 17.5 Å². The van der Waals surface area contributed by atoms with E-state index in [2.05, 4.69) is 20.8 Å². The van der Waals surface area contributed by atoms with Gasteiger partial charge in [-0.15, -0.1) is 0 Å². The lowest BCUT2D eigenvalue weighted by Gasteiger charge is -2.13. The van der Waals surface area contributed by atoms with Crippen LogP contribution in [-0.2, 0) is 13.0 Å². The quantitative estimate of drug-likeness (QED) is 0.632. The van der Waals surface area contributed by atoms with Gasteiger partial charge in [-0.1, -0.05) is 6.07 Å². The monoisotopic (exact) mass is 406 g/mol. The normalized spacial score (nSPS) is 14.4. The number of aryl methyl sites for hydroxylation is 2. The number of hydrogen-bond acceptors (Lipinski definition) is 6. The molecule has 30 heavy (non-hydrogen) atoms. The van der Waals surface area contributed by atoms with Crippen LogP contribution in [0.25, 0.3) is 0 Å². The minimum absolute atomic E-state index is 0.274. The molecular formula is C22H22N4O4. The molecule has 2 N–H and O–H groups in total. The van der Waals surface area contributed by atoms with E-state index in [4.69, 9.17) is 8.83 Å². The van der Waals surface area contributed by atoms with Crippen LogP contribution in [0.4, 0.5) is 0 Å². The summed E-state index contributed by atoms with van der Waals surface area (Å²) >= 11 is 0. The van der Waals surface area contributed by atoms with Crippen molar-refractivity contribution in [2.24, 2.45) is 5.10 Å². The van der Waals surface area contributed by atoms with E-state index in [1.165, 1.54) is 6.26 Å². The molecule has 1 aliphatic rings. The number of carbonyl (C=O) groups is 2. The van der Waals surface area contributed by atoms with E-state index >= 15 is 0 Å². The number of hydrogen-bond donors (Lipinski definition) is 2. The molecule has 154 valence electrons. The van der Waals surface area contributed by atoms with Crippen molar-refractivity contribution in [2.45, 2.75) is 39.7 Å². The molecule has 0 unspecified atom stereocenters. The SMILES string of the molecule is Cc1occc1C(=O)N/N=C1\CCCc2oc(C(=O)NCc3cccnc3)c(C)c21. The minimum Gasteiger partial charge on any atom is -0.469 e. The van der Waals surface area contributed by atoms with Gasteiger partial charge in [-0.3, -0.25) is 14.6 Å². The maximum Gasteiger partial charge on any atom is 0.287 e. The maximum atomic E-state index is 12.7. The molecule has 8 heteroatoms. The second-order valence-corrected chi connectivity index (χ2v) is 7.14. The smallest absolute Gasteiger partial charge is 0.287 e. The van der Waals surface area contributed by atoms with E-state index in [-0.39, 0.29) is 17.6 Å². The number of amides is 2. The Balaban J connectivity index is 1.52. The lowest BCUT2D eigenvalue weighted by atomic mass is 9.93. The molecule has 1 aliphatic carbocycles. The summed E-state index contributed by atoms with van der Waals surface area (Å²) in [6.07, 6.45) is 7.09. The van der Waals surface area contributed by atoms with Gasteiger partial charge in [0.2, 0.25) is 0 Å². The second kappa shape index (κ2) is 8.36. The number of nitrogens with one attached hydrogen (secondary N) is 2. The molecule has 3 aromatic heterocycles. The number of pyridine rings is 1. The first-order chi connectivity index (χ1) is 14.5. The number of hydrazone groups is 1. The van der Waals surface area contributed by atoms with Crippen molar-refractivity contribution < 1.29 is 18.4 Å². The molecule has 8 nitrogen and oxygen atoms in total. The fraction of sp³-hybridized carbons (Fsp3) is 0.273. The molecule has 0 saturated carbocycles. The zero-order valence-electron chi connectivity index (χ0n) is 16.8. The van der Waals surface area contributed by atoms with E-state index in [1.807, 2.05) is 19.1 Å². The van der Waals surface area contributed by atoms with Crippen LogP contribution in [0.5, 0.6) is 0 Å². The van der Waals surface area contributed by atoms with Crippen molar-refractivity contribution >= 4 is 17.5 Å². The Morgan fingerprint density at radius 1 is 1.20 bits per heavy atom. The summed E-state index contributed by atoms with van der Waals surface area (Å²) in [7, 11) is 0. The number of rotatable bonds is 5. The van der Waals surface area contributed by atoms with Crippen LogP contribution >= 0.6 is 0 Å². The standard InChI is InChI=1S/C22H22N4O4/c1-13-19-17(25-26-21(27)16-8-10-29-14(16)2)6-3-7-18(19)30-20(13)22(28)24-12-15-5-4-9-23-11-15/h4-5,8-11H,3,6-7,12H2,1-2H3,(H,24,28)(H,26,27)/b25-17+. The first-order valence-corrected chi connectivity index (χ1v) is 9.75. The highest BCUT2D eigenvalue weighted by molar-refractivity contribution is 6.07. The third-order valence-corrected chi connectivity index (χ3v) is 5.10. The summed E-state index contributed by atoms with van der Waals surface area (Å²) in [5, 5.41) is 7.19. The van der Waals surface area contributed by atoms with Gasteiger partial charge in [-0.2, -0.15) is 5.10 Å². The van der Waals surface area contributed by atoms with Gasteiger partial charge < -0.3 is 14.2 Å². The summed E-state index contributed by atoms with van der Waals surface area (Å²) in [6, 6.07) is 5.31. The first-order valence-electron chi connectivity index (χ1n) is 9.75. The van der Waals surface area contributed by atoms with Gasteiger partial charge in [0.1, 0.15) is 11.5 Å². The van der Waals surface area contributed by atoms with Crippen LogP contribution in [0.2, 0.25) is 0 Å². The van der Waals surface area contributed by atoms with Crippen LogP contribution < -0.4 is 10.7 Å². The van der Waals surface area contributed by atoms with Crippen molar-refractivity contribution in [3.8, 4) is 0 Å². The van der Waals surface area contributed by atoms with E-state index in [0.29, 0.717) is 30.0 Å². The Bertz CT molecular complexity index is 1110. The Morgan fingerprint density at radius 2 is 2.07 bits per heavy atom. The average Bonchev–Trinajstić information content (AvgIpc) is 3.34. The maximum absolute atomic E-state index is 12.7. The lowest BCUT2D eigenvalue weighted by molar-refractivity contribution is 0.0918. The number of nitrogens with zero attached hydrogens (tertiary/aromatic N) is 2. The zero-order valence-corrected chi connectivity index (χ0v) is 16.8. The Morgan fingerprint density at radius 3 is 2.80 bits per heavy atom. The highest BCUT2D eigenvalue weighted by atomic mass is 16.4. The highest BCUT2D eigenvalue weighted by Crippen LogP contribution is 2.30. The molecule has 0 bridgehead atoms. The van der Waals surface area contributed by atoms with Crippen LogP contribution in [-0.4, -0.2) is 22.5 Å². The van der Waals surface area contributed by atoms with E-state index in [0.717, 1.165) is 35.3 Å². The molecule has 3 aromatic rings. The topological polar surface area (TPSA) is 110 Å². The molecule has 2 amide bonds. The van der Waals surface area contributed by atoms with Gasteiger partial charge in [-0.25, -0.2) is 5.43 Å². The van der Waals surface area contributed by atoms with Crippen molar-refractivity contribution in [1.82, 2.24) is 15.7 Å². The van der Waals surface area contributed by atoms with Gasteiger partial charge in [0.25, 0.3) is 11.8 Å². The Labute approximate surface area is 173 Å². The van der Waals surface area contributed by atoms with E-state index in [1.54, 1.807) is 25.4 Å². The molecule has 0 saturated heterocycles. The summed E-state index contributed by atoms with van der Waals surface area (Å²) in [5.74, 6) is 0.900. The predicted molar refractivity (Wildman–Crippen MR) is 109 cm³/mol. The zero-order chi connectivity index (χ0) is 21.1. The van der Waals surface area contributed by atoms with Gasteiger partial charge >= 0.3 is 0 Å². The van der Waals surface area contributed by atoms with Crippen LogP contribution in [0.1, 0.15) is 62.0 Å². The summed E-state index contributed by atoms with van der Waals surface area (Å²) in [6.45, 7) is 3.92. The number of aromatic nitrogens is 1. The van der Waals surface area contributed by atoms with Crippen LogP contribution in [0.15, 0.2) is 50.8 Å². The van der Waals surface area contributed by atoms with Crippen molar-refractivity contribution in [1.29, 1.82) is 0 Å². The largest absolute Gasteiger partial charge is 0.469 e. The Kier molecular flexibility index (Phi) is 5.47. The second-order valence-electron chi connectivity index (χ2n) is 7.14. The van der Waals surface area contributed by atoms with Crippen molar-refractivity contribution in [3.63, 3.8) is 0 Å². The van der Waals surface area contributed by atoms with Gasteiger partial charge in [0, 0.05) is 36.5 Å². The summed E-state index contributed by atoms with van der Waals surface area (Å²) in [5.41, 5.74) is 6.16. The molecule has 0 spiro atoms. The molecule has 0 fully saturated rings. The predicted octanol–water partition coefficient (Wildman–Crippen LogP) is 3.28. The molecule has 4 rings (SSSR count). The number of fused-ring (bicyclic) bond motifs is 1. The van der Waals surface area contributed by atoms with E-state index < -0.39 is 0 Å². The summed E-state index contributed by atoms with van der Waals surface area (Å²) < 4.78 is 11.0. The van der Waals surface area contributed by atoms with Gasteiger partial charge in [-0.05, 0) is 44.4 Å². The third kappa shape index (κ3) is 3.89. The highest BCUT2D eigenvalue weighted by Gasteiger charge is 2.28. The first kappa shape index (κ1) is 19.6. The molecule has 0 aliphatic heterocycles. The van der Waals surface area contributed by atoms with Gasteiger partial charge in [0.15, 0.2) is 5.76 Å². The van der Waals surface area contributed by atoms with Crippen LogP contribution in [0.3, 0.4) is 0 Å².